The monoisotopic (exact) mass is 330 g/mol. The van der Waals surface area contributed by atoms with E-state index in [0.717, 1.165) is 10.4 Å². The van der Waals surface area contributed by atoms with Crippen molar-refractivity contribution >= 4 is 21.7 Å². The van der Waals surface area contributed by atoms with Gasteiger partial charge in [-0.25, -0.2) is 12.7 Å². The lowest BCUT2D eigenvalue weighted by molar-refractivity contribution is -0.385. The third-order valence-corrected chi connectivity index (χ3v) is 5.41. The van der Waals surface area contributed by atoms with E-state index in [9.17, 15) is 23.3 Å². The minimum atomic E-state index is -4.01. The fourth-order valence-electron chi connectivity index (χ4n) is 1.91. The zero-order valence-electron chi connectivity index (χ0n) is 12.7. The molecule has 8 nitrogen and oxygen atoms in total. The van der Waals surface area contributed by atoms with Gasteiger partial charge in [0.25, 0.3) is 5.69 Å². The van der Waals surface area contributed by atoms with Crippen molar-refractivity contribution in [3.8, 4) is 0 Å². The van der Waals surface area contributed by atoms with Gasteiger partial charge >= 0.3 is 5.97 Å². The molecule has 0 aliphatic heterocycles. The van der Waals surface area contributed by atoms with Gasteiger partial charge in [0.15, 0.2) is 0 Å². The van der Waals surface area contributed by atoms with Crippen molar-refractivity contribution in [2.75, 3.05) is 13.6 Å². The van der Waals surface area contributed by atoms with Crippen LogP contribution in [0.15, 0.2) is 17.0 Å². The number of rotatable bonds is 6. The van der Waals surface area contributed by atoms with E-state index in [0.29, 0.717) is 11.1 Å². The Hall–Kier alpha value is -2.00. The standard InChI is InChI=1S/C13H18N2O6S/c1-8-5-11(15(18)19)6-12(10(8)3)22(20,21)14(4)7-9(2)13(16)17/h5-6,9H,7H2,1-4H3,(H,16,17). The number of nitro benzene ring substituents is 1. The summed E-state index contributed by atoms with van der Waals surface area (Å²) in [6, 6.07) is 2.30. The zero-order valence-corrected chi connectivity index (χ0v) is 13.5. The summed E-state index contributed by atoms with van der Waals surface area (Å²) in [5.41, 5.74) is 0.564. The third kappa shape index (κ3) is 3.60. The van der Waals surface area contributed by atoms with E-state index >= 15 is 0 Å². The second kappa shape index (κ2) is 6.41. The highest BCUT2D eigenvalue weighted by atomic mass is 32.2. The molecule has 0 spiro atoms. The van der Waals surface area contributed by atoms with E-state index in [1.807, 2.05) is 0 Å². The second-order valence-corrected chi connectivity index (χ2v) is 7.18. The van der Waals surface area contributed by atoms with E-state index in [-0.39, 0.29) is 17.1 Å². The van der Waals surface area contributed by atoms with E-state index in [1.165, 1.54) is 20.0 Å². The Morgan fingerprint density at radius 2 is 1.95 bits per heavy atom. The van der Waals surface area contributed by atoms with Crippen LogP contribution in [0.4, 0.5) is 5.69 Å². The Morgan fingerprint density at radius 3 is 2.41 bits per heavy atom. The largest absolute Gasteiger partial charge is 0.481 e. The van der Waals surface area contributed by atoms with Gasteiger partial charge in [-0.1, -0.05) is 6.92 Å². The molecule has 1 aromatic rings. The molecule has 22 heavy (non-hydrogen) atoms. The van der Waals surface area contributed by atoms with Crippen LogP contribution in [-0.2, 0) is 14.8 Å². The molecule has 0 saturated carbocycles. The SMILES string of the molecule is Cc1cc([N+](=O)[O-])cc(S(=O)(=O)N(C)CC(C)C(=O)O)c1C. The number of nitro groups is 1. The van der Waals surface area contributed by atoms with E-state index in [1.54, 1.807) is 13.8 Å². The molecule has 0 aliphatic rings. The molecule has 0 saturated heterocycles. The summed E-state index contributed by atoms with van der Waals surface area (Å²) in [4.78, 5) is 20.9. The van der Waals surface area contributed by atoms with Gasteiger partial charge in [-0.3, -0.25) is 14.9 Å². The number of sulfonamides is 1. The third-order valence-electron chi connectivity index (χ3n) is 3.46. The van der Waals surface area contributed by atoms with Crippen molar-refractivity contribution in [2.45, 2.75) is 25.7 Å². The Kier molecular flexibility index (Phi) is 5.26. The Morgan fingerprint density at radius 1 is 1.41 bits per heavy atom. The molecule has 9 heteroatoms. The molecule has 1 N–H and O–H groups in total. The van der Waals surface area contributed by atoms with Gasteiger partial charge in [-0.15, -0.1) is 0 Å². The Labute approximate surface area is 128 Å². The quantitative estimate of drug-likeness (QED) is 0.624. The summed E-state index contributed by atoms with van der Waals surface area (Å²) in [5, 5.41) is 19.8. The van der Waals surface area contributed by atoms with Crippen molar-refractivity contribution in [1.82, 2.24) is 4.31 Å². The van der Waals surface area contributed by atoms with Gasteiger partial charge in [0, 0.05) is 25.7 Å². The maximum atomic E-state index is 12.5. The van der Waals surface area contributed by atoms with Crippen molar-refractivity contribution in [3.05, 3.63) is 33.4 Å². The molecule has 0 bridgehead atoms. The number of carboxylic acids is 1. The summed E-state index contributed by atoms with van der Waals surface area (Å²) < 4.78 is 26.0. The number of carboxylic acid groups (broad SMARTS) is 1. The molecule has 1 rings (SSSR count). The average molecular weight is 330 g/mol. The molecule has 0 heterocycles. The zero-order chi connectivity index (χ0) is 17.2. The predicted molar refractivity (Wildman–Crippen MR) is 79.2 cm³/mol. The van der Waals surface area contributed by atoms with Crippen molar-refractivity contribution in [1.29, 1.82) is 0 Å². The van der Waals surface area contributed by atoms with Crippen molar-refractivity contribution in [3.63, 3.8) is 0 Å². The highest BCUT2D eigenvalue weighted by molar-refractivity contribution is 7.89. The molecule has 1 aromatic carbocycles. The smallest absolute Gasteiger partial charge is 0.307 e. The number of aryl methyl sites for hydroxylation is 1. The molecule has 0 aliphatic carbocycles. The van der Waals surface area contributed by atoms with Gasteiger partial charge in [0.05, 0.1) is 15.7 Å². The van der Waals surface area contributed by atoms with E-state index in [4.69, 9.17) is 5.11 Å². The minimum Gasteiger partial charge on any atom is -0.481 e. The van der Waals surface area contributed by atoms with Gasteiger partial charge in [-0.2, -0.15) is 0 Å². The van der Waals surface area contributed by atoms with Crippen LogP contribution in [0.2, 0.25) is 0 Å². The van der Waals surface area contributed by atoms with Crippen LogP contribution in [0.3, 0.4) is 0 Å². The average Bonchev–Trinajstić information content (AvgIpc) is 2.40. The summed E-state index contributed by atoms with van der Waals surface area (Å²) in [6.45, 7) is 4.31. The molecule has 122 valence electrons. The molecule has 0 radical (unpaired) electrons. The molecule has 0 fully saturated rings. The van der Waals surface area contributed by atoms with Crippen LogP contribution in [-0.4, -0.2) is 42.3 Å². The first-order valence-corrected chi connectivity index (χ1v) is 7.87. The molecular formula is C13H18N2O6S. The Balaban J connectivity index is 3.33. The topological polar surface area (TPSA) is 118 Å². The van der Waals surface area contributed by atoms with Crippen LogP contribution >= 0.6 is 0 Å². The van der Waals surface area contributed by atoms with Gasteiger partial charge in [0.1, 0.15) is 0 Å². The highest BCUT2D eigenvalue weighted by Crippen LogP contribution is 2.27. The molecular weight excluding hydrogens is 312 g/mol. The van der Waals surface area contributed by atoms with Crippen LogP contribution in [0.1, 0.15) is 18.1 Å². The highest BCUT2D eigenvalue weighted by Gasteiger charge is 2.28. The van der Waals surface area contributed by atoms with E-state index in [2.05, 4.69) is 0 Å². The van der Waals surface area contributed by atoms with Gasteiger partial charge < -0.3 is 5.11 Å². The van der Waals surface area contributed by atoms with Crippen LogP contribution in [0, 0.1) is 29.9 Å². The maximum Gasteiger partial charge on any atom is 0.307 e. The Bertz CT molecular complexity index is 713. The number of carbonyl (C=O) groups is 1. The number of non-ortho nitro benzene ring substituents is 1. The summed E-state index contributed by atoms with van der Waals surface area (Å²) >= 11 is 0. The summed E-state index contributed by atoms with van der Waals surface area (Å²) in [7, 11) is -2.76. The van der Waals surface area contributed by atoms with Crippen LogP contribution in [0.5, 0.6) is 0 Å². The fraction of sp³-hybridized carbons (Fsp3) is 0.462. The first-order chi connectivity index (χ1) is 9.98. The van der Waals surface area contributed by atoms with Crippen molar-refractivity contribution < 1.29 is 23.2 Å². The lowest BCUT2D eigenvalue weighted by atomic mass is 10.1. The van der Waals surface area contributed by atoms with E-state index < -0.39 is 26.8 Å². The maximum absolute atomic E-state index is 12.5. The molecule has 1 atom stereocenters. The number of hydrogen-bond acceptors (Lipinski definition) is 5. The molecule has 0 aromatic heterocycles. The lowest BCUT2D eigenvalue weighted by Crippen LogP contribution is -2.34. The number of nitrogens with zero attached hydrogens (tertiary/aromatic N) is 2. The predicted octanol–water partition coefficient (Wildman–Crippen LogP) is 1.55. The van der Waals surface area contributed by atoms with Crippen LogP contribution in [0.25, 0.3) is 0 Å². The minimum absolute atomic E-state index is 0.181. The summed E-state index contributed by atoms with van der Waals surface area (Å²) in [5.74, 6) is -2.01. The number of aliphatic carboxylic acids is 1. The van der Waals surface area contributed by atoms with Gasteiger partial charge in [0.2, 0.25) is 10.0 Å². The number of benzene rings is 1. The number of hydrogen-bond donors (Lipinski definition) is 1. The molecule has 0 amide bonds. The normalized spacial score (nSPS) is 13.1. The first-order valence-electron chi connectivity index (χ1n) is 6.43. The van der Waals surface area contributed by atoms with Gasteiger partial charge in [-0.05, 0) is 25.0 Å². The first kappa shape index (κ1) is 18.1. The lowest BCUT2D eigenvalue weighted by Gasteiger charge is -2.20. The van der Waals surface area contributed by atoms with Crippen molar-refractivity contribution in [2.24, 2.45) is 5.92 Å². The fourth-order valence-corrected chi connectivity index (χ4v) is 3.48. The van der Waals surface area contributed by atoms with Crippen LogP contribution < -0.4 is 0 Å². The second-order valence-electron chi connectivity index (χ2n) is 5.17. The molecule has 1 unspecified atom stereocenters. The summed E-state index contributed by atoms with van der Waals surface area (Å²) in [6.07, 6.45) is 0.